The number of rotatable bonds is 3. The summed E-state index contributed by atoms with van der Waals surface area (Å²) in [5, 5.41) is 15.3. The van der Waals surface area contributed by atoms with E-state index in [0.717, 1.165) is 17.1 Å². The first kappa shape index (κ1) is 13.2. The van der Waals surface area contributed by atoms with Crippen LogP contribution in [0.2, 0.25) is 0 Å². The second-order valence-electron chi connectivity index (χ2n) is 4.01. The van der Waals surface area contributed by atoms with Gasteiger partial charge in [-0.15, -0.1) is 5.10 Å². The minimum absolute atomic E-state index is 0.178. The van der Waals surface area contributed by atoms with Crippen molar-refractivity contribution in [2.75, 3.05) is 5.32 Å². The molecule has 0 saturated carbocycles. The summed E-state index contributed by atoms with van der Waals surface area (Å²) in [6.07, 6.45) is 1.36. The third-order valence-electron chi connectivity index (χ3n) is 2.74. The number of aromatic carboxylic acids is 1. The maximum absolute atomic E-state index is 11.8. The Hall–Kier alpha value is -2.28. The normalized spacial score (nSPS) is 10.2. The summed E-state index contributed by atoms with van der Waals surface area (Å²) in [6.45, 7) is 3.53. The van der Waals surface area contributed by atoms with Crippen LogP contribution >= 0.6 is 11.5 Å². The summed E-state index contributed by atoms with van der Waals surface area (Å²) in [6, 6.07) is 3.17. The molecule has 1 heterocycles. The highest BCUT2D eigenvalue weighted by Gasteiger charge is 2.14. The highest BCUT2D eigenvalue weighted by atomic mass is 32.1. The van der Waals surface area contributed by atoms with E-state index in [0.29, 0.717) is 16.1 Å². The van der Waals surface area contributed by atoms with Crippen LogP contribution < -0.4 is 5.32 Å². The molecule has 0 bridgehead atoms. The van der Waals surface area contributed by atoms with Crippen LogP contribution in [-0.2, 0) is 0 Å². The van der Waals surface area contributed by atoms with Crippen LogP contribution in [0.4, 0.5) is 5.69 Å². The number of carbonyl (C=O) groups excluding carboxylic acids is 1. The molecule has 2 rings (SSSR count). The largest absolute Gasteiger partial charge is 0.478 e. The predicted molar refractivity (Wildman–Crippen MR) is 70.7 cm³/mol. The molecule has 0 saturated heterocycles. The lowest BCUT2D eigenvalue weighted by Gasteiger charge is -2.09. The Bertz CT molecular complexity index is 638. The quantitative estimate of drug-likeness (QED) is 0.896. The minimum Gasteiger partial charge on any atom is -0.478 e. The molecule has 2 aromatic rings. The summed E-state index contributed by atoms with van der Waals surface area (Å²) in [5.74, 6) is -1.37. The number of carboxylic acid groups (broad SMARTS) is 1. The zero-order valence-electron chi connectivity index (χ0n) is 10.3. The van der Waals surface area contributed by atoms with Gasteiger partial charge in [-0.2, -0.15) is 0 Å². The van der Waals surface area contributed by atoms with Gasteiger partial charge in [0, 0.05) is 5.69 Å². The highest BCUT2D eigenvalue weighted by Crippen LogP contribution is 2.20. The Labute approximate surface area is 113 Å². The lowest BCUT2D eigenvalue weighted by molar-refractivity contribution is 0.0695. The number of nitrogens with zero attached hydrogens (tertiary/aromatic N) is 2. The second-order valence-corrected chi connectivity index (χ2v) is 4.79. The lowest BCUT2D eigenvalue weighted by atomic mass is 10.0. The van der Waals surface area contributed by atoms with Crippen molar-refractivity contribution >= 4 is 29.1 Å². The molecule has 0 atom stereocenters. The Morgan fingerprint density at radius 1 is 1.32 bits per heavy atom. The second kappa shape index (κ2) is 5.15. The van der Waals surface area contributed by atoms with E-state index in [-0.39, 0.29) is 11.5 Å². The summed E-state index contributed by atoms with van der Waals surface area (Å²) >= 11 is 0.979. The average Bonchev–Trinajstić information content (AvgIpc) is 2.86. The number of aryl methyl sites for hydroxylation is 1. The third kappa shape index (κ3) is 2.76. The zero-order chi connectivity index (χ0) is 14.0. The van der Waals surface area contributed by atoms with Gasteiger partial charge in [-0.1, -0.05) is 4.49 Å². The van der Waals surface area contributed by atoms with Crippen LogP contribution in [0, 0.1) is 13.8 Å². The van der Waals surface area contributed by atoms with E-state index in [1.54, 1.807) is 19.9 Å². The van der Waals surface area contributed by atoms with E-state index >= 15 is 0 Å². The van der Waals surface area contributed by atoms with E-state index in [1.807, 2.05) is 0 Å². The van der Waals surface area contributed by atoms with E-state index in [1.165, 1.54) is 12.3 Å². The van der Waals surface area contributed by atoms with Crippen molar-refractivity contribution in [2.24, 2.45) is 0 Å². The molecular weight excluding hydrogens is 266 g/mol. The summed E-state index contributed by atoms with van der Waals surface area (Å²) in [5.41, 5.74) is 2.11. The fraction of sp³-hybridized carbons (Fsp3) is 0.167. The van der Waals surface area contributed by atoms with Gasteiger partial charge in [0.2, 0.25) is 0 Å². The van der Waals surface area contributed by atoms with Gasteiger partial charge >= 0.3 is 5.97 Å². The number of amides is 1. The standard InChI is InChI=1S/C12H11N3O3S/c1-6-3-8(4-9(7(6)2)12(17)18)14-11(16)10-5-13-15-19-10/h3-5H,1-2H3,(H,14,16)(H,17,18). The van der Waals surface area contributed by atoms with Crippen LogP contribution in [0.3, 0.4) is 0 Å². The Kier molecular flexibility index (Phi) is 3.57. The molecule has 1 amide bonds. The first-order valence-corrected chi connectivity index (χ1v) is 6.19. The Morgan fingerprint density at radius 2 is 2.05 bits per heavy atom. The van der Waals surface area contributed by atoms with Gasteiger partial charge in [-0.05, 0) is 48.6 Å². The van der Waals surface area contributed by atoms with Gasteiger partial charge in [0.05, 0.1) is 11.8 Å². The van der Waals surface area contributed by atoms with Crippen molar-refractivity contribution in [3.63, 3.8) is 0 Å². The van der Waals surface area contributed by atoms with Gasteiger partial charge in [-0.3, -0.25) is 4.79 Å². The molecule has 7 heteroatoms. The topological polar surface area (TPSA) is 92.2 Å². The monoisotopic (exact) mass is 277 g/mol. The number of benzene rings is 1. The summed E-state index contributed by atoms with van der Waals surface area (Å²) in [7, 11) is 0. The first-order valence-electron chi connectivity index (χ1n) is 5.42. The van der Waals surface area contributed by atoms with Crippen LogP contribution in [0.5, 0.6) is 0 Å². The van der Waals surface area contributed by atoms with Gasteiger partial charge in [0.25, 0.3) is 5.91 Å². The predicted octanol–water partition coefficient (Wildman–Crippen LogP) is 2.11. The molecule has 0 aliphatic rings. The number of carbonyl (C=O) groups is 2. The molecule has 6 nitrogen and oxygen atoms in total. The fourth-order valence-electron chi connectivity index (χ4n) is 1.61. The van der Waals surface area contributed by atoms with Crippen molar-refractivity contribution in [1.82, 2.24) is 9.59 Å². The van der Waals surface area contributed by atoms with Crippen LogP contribution in [0.25, 0.3) is 0 Å². The Balaban J connectivity index is 2.31. The molecule has 0 aliphatic carbocycles. The SMILES string of the molecule is Cc1cc(NC(=O)c2cnns2)cc(C(=O)O)c1C. The third-order valence-corrected chi connectivity index (χ3v) is 3.40. The molecule has 1 aromatic carbocycles. The molecule has 2 N–H and O–H groups in total. The molecule has 0 unspecified atom stereocenters. The maximum atomic E-state index is 11.8. The number of anilines is 1. The molecule has 1 aromatic heterocycles. The summed E-state index contributed by atoms with van der Waals surface area (Å²) in [4.78, 5) is 23.3. The van der Waals surface area contributed by atoms with Crippen molar-refractivity contribution in [2.45, 2.75) is 13.8 Å². The van der Waals surface area contributed by atoms with Gasteiger partial charge in [-0.25, -0.2) is 4.79 Å². The molecular formula is C12H11N3O3S. The van der Waals surface area contributed by atoms with Crippen LogP contribution in [0.1, 0.15) is 31.2 Å². The molecule has 98 valence electrons. The van der Waals surface area contributed by atoms with Crippen molar-refractivity contribution in [1.29, 1.82) is 0 Å². The molecule has 0 aliphatic heterocycles. The molecule has 0 fully saturated rings. The van der Waals surface area contributed by atoms with E-state index in [2.05, 4.69) is 14.9 Å². The summed E-state index contributed by atoms with van der Waals surface area (Å²) < 4.78 is 3.60. The average molecular weight is 277 g/mol. The number of hydrogen-bond donors (Lipinski definition) is 2. The fourth-order valence-corrected chi connectivity index (χ4v) is 2.02. The smallest absolute Gasteiger partial charge is 0.336 e. The Morgan fingerprint density at radius 3 is 2.63 bits per heavy atom. The maximum Gasteiger partial charge on any atom is 0.336 e. The number of hydrogen-bond acceptors (Lipinski definition) is 5. The van der Waals surface area contributed by atoms with Crippen LogP contribution in [-0.4, -0.2) is 26.6 Å². The van der Waals surface area contributed by atoms with Crippen molar-refractivity contribution in [3.05, 3.63) is 39.9 Å². The number of carboxylic acids is 1. The van der Waals surface area contributed by atoms with Crippen molar-refractivity contribution in [3.8, 4) is 0 Å². The molecule has 19 heavy (non-hydrogen) atoms. The first-order chi connectivity index (χ1) is 8.99. The molecule has 0 radical (unpaired) electrons. The van der Waals surface area contributed by atoms with E-state index in [4.69, 9.17) is 5.11 Å². The zero-order valence-corrected chi connectivity index (χ0v) is 11.1. The number of nitrogens with one attached hydrogen (secondary N) is 1. The molecule has 0 spiro atoms. The highest BCUT2D eigenvalue weighted by molar-refractivity contribution is 7.07. The lowest BCUT2D eigenvalue weighted by Crippen LogP contribution is -2.12. The van der Waals surface area contributed by atoms with Gasteiger partial charge in [0.15, 0.2) is 0 Å². The van der Waals surface area contributed by atoms with Crippen molar-refractivity contribution < 1.29 is 14.7 Å². The van der Waals surface area contributed by atoms with Gasteiger partial charge < -0.3 is 10.4 Å². The van der Waals surface area contributed by atoms with Crippen LogP contribution in [0.15, 0.2) is 18.3 Å². The van der Waals surface area contributed by atoms with E-state index < -0.39 is 5.97 Å². The van der Waals surface area contributed by atoms with Gasteiger partial charge in [0.1, 0.15) is 4.88 Å². The number of aromatic nitrogens is 2. The minimum atomic E-state index is -1.02. The van der Waals surface area contributed by atoms with E-state index in [9.17, 15) is 9.59 Å².